The van der Waals surface area contributed by atoms with E-state index in [9.17, 15) is 19.2 Å². The molecule has 1 fully saturated rings. The van der Waals surface area contributed by atoms with Gasteiger partial charge in [0.1, 0.15) is 18.1 Å². The van der Waals surface area contributed by atoms with E-state index in [4.69, 9.17) is 23.7 Å². The van der Waals surface area contributed by atoms with Crippen LogP contribution in [0.15, 0.2) is 0 Å². The highest BCUT2D eigenvalue weighted by molar-refractivity contribution is 7.99. The lowest BCUT2D eigenvalue weighted by Crippen LogP contribution is -2.61. The van der Waals surface area contributed by atoms with Gasteiger partial charge in [-0.15, -0.1) is 11.8 Å². The molecule has 10 heteroatoms. The van der Waals surface area contributed by atoms with E-state index in [1.54, 1.807) is 0 Å². The van der Waals surface area contributed by atoms with Crippen molar-refractivity contribution in [2.24, 2.45) is 0 Å². The van der Waals surface area contributed by atoms with Gasteiger partial charge in [0.05, 0.1) is 0 Å². The second-order valence-electron chi connectivity index (χ2n) is 5.52. The Bertz CT molecular complexity index is 536. The normalized spacial score (nSPS) is 28.0. The molecule has 0 aromatic heterocycles. The van der Waals surface area contributed by atoms with Crippen LogP contribution in [-0.2, 0) is 42.9 Å². The van der Waals surface area contributed by atoms with Crippen LogP contribution in [0.5, 0.6) is 0 Å². The fourth-order valence-corrected chi connectivity index (χ4v) is 3.44. The van der Waals surface area contributed by atoms with Crippen molar-refractivity contribution < 1.29 is 42.9 Å². The Hall–Kier alpha value is -1.81. The van der Waals surface area contributed by atoms with Crippen molar-refractivity contribution in [2.45, 2.75) is 64.5 Å². The topological polar surface area (TPSA) is 114 Å². The number of carbonyl (C=O) groups excluding carboxylic acids is 4. The fraction of sp³-hybridized carbons (Fsp3) is 0.750. The average molecular weight is 392 g/mol. The van der Waals surface area contributed by atoms with Gasteiger partial charge in [-0.2, -0.15) is 0 Å². The molecular weight excluding hydrogens is 368 g/mol. The molecule has 0 saturated carbocycles. The maximum Gasteiger partial charge on any atom is 0.303 e. The van der Waals surface area contributed by atoms with Gasteiger partial charge in [0.25, 0.3) is 0 Å². The van der Waals surface area contributed by atoms with Gasteiger partial charge in [-0.25, -0.2) is 0 Å². The molecule has 5 atom stereocenters. The third kappa shape index (κ3) is 6.83. The second kappa shape index (κ2) is 10.4. The number of rotatable bonds is 7. The van der Waals surface area contributed by atoms with Gasteiger partial charge >= 0.3 is 23.9 Å². The van der Waals surface area contributed by atoms with Crippen molar-refractivity contribution in [1.82, 2.24) is 0 Å². The number of esters is 4. The third-order valence-corrected chi connectivity index (χ3v) is 4.32. The highest BCUT2D eigenvalue weighted by atomic mass is 32.2. The first kappa shape index (κ1) is 22.2. The Balaban J connectivity index is 3.22. The summed E-state index contributed by atoms with van der Waals surface area (Å²) in [6.07, 6.45) is -4.07. The minimum atomic E-state index is -1.10. The smallest absolute Gasteiger partial charge is 0.303 e. The lowest BCUT2D eigenvalue weighted by atomic mass is 9.99. The van der Waals surface area contributed by atoms with E-state index in [2.05, 4.69) is 0 Å². The van der Waals surface area contributed by atoms with Crippen molar-refractivity contribution in [3.8, 4) is 0 Å². The van der Waals surface area contributed by atoms with Gasteiger partial charge in [-0.3, -0.25) is 19.2 Å². The summed E-state index contributed by atoms with van der Waals surface area (Å²) in [5, 5.41) is 0. The summed E-state index contributed by atoms with van der Waals surface area (Å²) in [4.78, 5) is 45.8. The van der Waals surface area contributed by atoms with Crippen LogP contribution in [0.25, 0.3) is 0 Å². The van der Waals surface area contributed by atoms with Crippen LogP contribution in [0.1, 0.15) is 34.6 Å². The molecular formula is C16H24O9S. The Morgan fingerprint density at radius 3 is 1.77 bits per heavy atom. The van der Waals surface area contributed by atoms with Crippen molar-refractivity contribution in [3.63, 3.8) is 0 Å². The molecule has 0 bridgehead atoms. The van der Waals surface area contributed by atoms with E-state index in [0.29, 0.717) is 5.75 Å². The first-order valence-corrected chi connectivity index (χ1v) is 9.12. The Morgan fingerprint density at radius 2 is 1.31 bits per heavy atom. The first-order chi connectivity index (χ1) is 12.1. The molecule has 148 valence electrons. The van der Waals surface area contributed by atoms with Crippen LogP contribution >= 0.6 is 11.8 Å². The van der Waals surface area contributed by atoms with Gasteiger partial charge < -0.3 is 23.7 Å². The van der Waals surface area contributed by atoms with Gasteiger partial charge in [-0.05, 0) is 5.75 Å². The van der Waals surface area contributed by atoms with Crippen LogP contribution in [0, 0.1) is 0 Å². The molecule has 0 aromatic carbocycles. The average Bonchev–Trinajstić information content (AvgIpc) is 2.50. The molecule has 9 nitrogen and oxygen atoms in total. The number of hydrogen-bond acceptors (Lipinski definition) is 10. The minimum absolute atomic E-state index is 0.210. The molecule has 0 N–H and O–H groups in total. The van der Waals surface area contributed by atoms with Gasteiger partial charge in [-0.1, -0.05) is 6.92 Å². The summed E-state index contributed by atoms with van der Waals surface area (Å²) in [5.74, 6) is -1.81. The minimum Gasteiger partial charge on any atom is -0.463 e. The zero-order chi connectivity index (χ0) is 19.9. The molecule has 1 aliphatic heterocycles. The van der Waals surface area contributed by atoms with Crippen molar-refractivity contribution in [3.05, 3.63) is 0 Å². The van der Waals surface area contributed by atoms with Crippen LogP contribution < -0.4 is 0 Å². The maximum absolute atomic E-state index is 11.6. The number of ether oxygens (including phenoxy) is 5. The molecule has 1 rings (SSSR count). The van der Waals surface area contributed by atoms with E-state index >= 15 is 0 Å². The molecule has 1 saturated heterocycles. The highest BCUT2D eigenvalue weighted by Crippen LogP contribution is 2.34. The van der Waals surface area contributed by atoms with Crippen molar-refractivity contribution in [2.75, 3.05) is 12.4 Å². The molecule has 0 aromatic rings. The Morgan fingerprint density at radius 1 is 0.808 bits per heavy atom. The summed E-state index contributed by atoms with van der Waals surface area (Å²) in [6.45, 7) is 6.48. The number of carbonyl (C=O) groups is 4. The van der Waals surface area contributed by atoms with Gasteiger partial charge in [0.15, 0.2) is 18.3 Å². The maximum atomic E-state index is 11.6. The zero-order valence-corrected chi connectivity index (χ0v) is 16.2. The van der Waals surface area contributed by atoms with E-state index in [1.165, 1.54) is 39.5 Å². The molecule has 0 amide bonds. The predicted molar refractivity (Wildman–Crippen MR) is 90.1 cm³/mol. The van der Waals surface area contributed by atoms with E-state index in [-0.39, 0.29) is 6.61 Å². The Labute approximate surface area is 156 Å². The lowest BCUT2D eigenvalue weighted by molar-refractivity contribution is -0.237. The number of thioether (sulfide) groups is 1. The second-order valence-corrected chi connectivity index (χ2v) is 6.90. The summed E-state index contributed by atoms with van der Waals surface area (Å²) in [5.41, 5.74) is -0.694. The van der Waals surface area contributed by atoms with Crippen molar-refractivity contribution in [1.29, 1.82) is 0 Å². The quantitative estimate of drug-likeness (QED) is 0.455. The largest absolute Gasteiger partial charge is 0.463 e. The SMILES string of the molecule is CCS[C@@H]1O[C@H](COC(C)=O)[C@@H](OC(C)=O)[C@H](OC(C)=O)[C@@H]1OC(C)=O. The van der Waals surface area contributed by atoms with E-state index in [1.807, 2.05) is 6.92 Å². The molecule has 0 radical (unpaired) electrons. The van der Waals surface area contributed by atoms with Crippen LogP contribution in [0.3, 0.4) is 0 Å². The molecule has 1 aliphatic rings. The van der Waals surface area contributed by atoms with Crippen LogP contribution in [-0.4, -0.2) is 66.1 Å². The monoisotopic (exact) mass is 392 g/mol. The molecule has 1 heterocycles. The standard InChI is InChI=1S/C16H24O9S/c1-6-26-16-15(24-11(5)20)14(23-10(4)19)13(22-9(3)18)12(25-16)7-21-8(2)17/h12-16H,6-7H2,1-5H3/t12-,13-,14+,15+,16+/m1/s1. The van der Waals surface area contributed by atoms with Gasteiger partial charge in [0, 0.05) is 27.7 Å². The van der Waals surface area contributed by atoms with E-state index in [0.717, 1.165) is 0 Å². The zero-order valence-electron chi connectivity index (χ0n) is 15.4. The van der Waals surface area contributed by atoms with E-state index < -0.39 is 53.7 Å². The Kier molecular flexibility index (Phi) is 8.86. The lowest BCUT2D eigenvalue weighted by Gasteiger charge is -2.44. The summed E-state index contributed by atoms with van der Waals surface area (Å²) in [7, 11) is 0. The first-order valence-electron chi connectivity index (χ1n) is 8.07. The molecule has 26 heavy (non-hydrogen) atoms. The summed E-state index contributed by atoms with van der Waals surface area (Å²) >= 11 is 1.32. The summed E-state index contributed by atoms with van der Waals surface area (Å²) in [6, 6.07) is 0. The molecule has 0 spiro atoms. The van der Waals surface area contributed by atoms with Crippen LogP contribution in [0.4, 0.5) is 0 Å². The third-order valence-electron chi connectivity index (χ3n) is 3.28. The van der Waals surface area contributed by atoms with Gasteiger partial charge in [0.2, 0.25) is 0 Å². The fourth-order valence-electron chi connectivity index (χ4n) is 2.49. The highest BCUT2D eigenvalue weighted by Gasteiger charge is 2.52. The predicted octanol–water partition coefficient (Wildman–Crippen LogP) is 0.823. The molecule has 0 aliphatic carbocycles. The summed E-state index contributed by atoms with van der Waals surface area (Å²) < 4.78 is 26.7. The van der Waals surface area contributed by atoms with Crippen molar-refractivity contribution >= 4 is 35.6 Å². The van der Waals surface area contributed by atoms with Crippen LogP contribution in [0.2, 0.25) is 0 Å². The molecule has 0 unspecified atom stereocenters. The number of hydrogen-bond donors (Lipinski definition) is 0.